The Hall–Kier alpha value is -3.45. The quantitative estimate of drug-likeness (QED) is 0.357. The molecule has 0 bridgehead atoms. The molecule has 4 atom stereocenters. The summed E-state index contributed by atoms with van der Waals surface area (Å²) in [6, 6.07) is 14.5. The number of aliphatic hydroxyl groups is 1. The molecule has 246 valence electrons. The van der Waals surface area contributed by atoms with E-state index in [-0.39, 0.29) is 46.9 Å². The Morgan fingerprint density at radius 2 is 1.91 bits per heavy atom. The summed E-state index contributed by atoms with van der Waals surface area (Å²) in [7, 11) is -0.239. The van der Waals surface area contributed by atoms with E-state index < -0.39 is 16.1 Å². The maximum Gasteiger partial charge on any atom is 0.280 e. The van der Waals surface area contributed by atoms with Crippen molar-refractivity contribution in [2.75, 3.05) is 38.1 Å². The standard InChI is InChI=1S/C33H47N5O6S/c1-24-18-38(25(2)22-39)33(40)29-17-28(35-45(41,42)32-21-37(5)23-34-32)14-15-30(29)44-26(3)11-9-10-16-43-31(24)20-36(4)19-27-12-7-6-8-13-27/h6-8,12-15,17,21,23-26,31,35,39H,9-11,16,18-20,22H2,1-5H3/t24-,25+,26-,31-/m0/s1. The summed E-state index contributed by atoms with van der Waals surface area (Å²) in [6.07, 6.45) is 4.98. The van der Waals surface area contributed by atoms with Crippen LogP contribution in [0.2, 0.25) is 0 Å². The van der Waals surface area contributed by atoms with Gasteiger partial charge < -0.3 is 24.0 Å². The van der Waals surface area contributed by atoms with Gasteiger partial charge in [-0.2, -0.15) is 8.42 Å². The van der Waals surface area contributed by atoms with Crippen LogP contribution >= 0.6 is 0 Å². The number of hydrogen-bond acceptors (Lipinski definition) is 8. The number of ether oxygens (including phenoxy) is 2. The molecule has 12 heteroatoms. The second kappa shape index (κ2) is 15.7. The lowest BCUT2D eigenvalue weighted by Gasteiger charge is -2.36. The largest absolute Gasteiger partial charge is 0.490 e. The molecule has 3 aromatic rings. The fraction of sp³-hybridized carbons (Fsp3) is 0.515. The van der Waals surface area contributed by atoms with Gasteiger partial charge >= 0.3 is 0 Å². The van der Waals surface area contributed by atoms with Gasteiger partial charge in [-0.25, -0.2) is 4.98 Å². The van der Waals surface area contributed by atoms with Crippen molar-refractivity contribution in [1.29, 1.82) is 0 Å². The van der Waals surface area contributed by atoms with E-state index in [1.165, 1.54) is 24.2 Å². The summed E-state index contributed by atoms with van der Waals surface area (Å²) >= 11 is 0. The zero-order chi connectivity index (χ0) is 32.6. The van der Waals surface area contributed by atoms with Gasteiger partial charge in [-0.3, -0.25) is 14.4 Å². The maximum atomic E-state index is 14.3. The number of sulfonamides is 1. The number of aryl methyl sites for hydroxylation is 1. The number of anilines is 1. The molecule has 0 fully saturated rings. The fourth-order valence-corrected chi connectivity index (χ4v) is 6.48. The minimum Gasteiger partial charge on any atom is -0.490 e. The number of rotatable bonds is 9. The van der Waals surface area contributed by atoms with E-state index >= 15 is 0 Å². The molecule has 45 heavy (non-hydrogen) atoms. The van der Waals surface area contributed by atoms with Gasteiger partial charge in [-0.1, -0.05) is 37.3 Å². The third-order valence-electron chi connectivity index (χ3n) is 8.05. The third-order valence-corrected chi connectivity index (χ3v) is 9.31. The molecule has 1 aliphatic heterocycles. The van der Waals surface area contributed by atoms with E-state index in [0.29, 0.717) is 25.4 Å². The number of likely N-dealkylation sites (N-methyl/N-ethyl adjacent to an activating group) is 1. The fourth-order valence-electron chi connectivity index (χ4n) is 5.45. The Morgan fingerprint density at radius 1 is 1.16 bits per heavy atom. The highest BCUT2D eigenvalue weighted by Gasteiger charge is 2.31. The molecule has 0 radical (unpaired) electrons. The number of carbonyl (C=O) groups excluding carboxylic acids is 1. The SMILES string of the molecule is C[C@H](CO)N1C[C@H](C)[C@H](CN(C)Cc2ccccc2)OCCCC[C@H](C)Oc2ccc(NS(=O)(=O)c3cn(C)cn3)cc2C1=O. The van der Waals surface area contributed by atoms with Crippen molar-refractivity contribution >= 4 is 21.6 Å². The molecule has 0 saturated heterocycles. The first-order valence-corrected chi connectivity index (χ1v) is 17.0. The van der Waals surface area contributed by atoms with E-state index in [2.05, 4.69) is 40.7 Å². The van der Waals surface area contributed by atoms with Crippen LogP contribution in [0.15, 0.2) is 66.1 Å². The predicted octanol–water partition coefficient (Wildman–Crippen LogP) is 4.15. The van der Waals surface area contributed by atoms with Crippen LogP contribution in [-0.4, -0.2) is 90.4 Å². The molecule has 2 N–H and O–H groups in total. The minimum atomic E-state index is -3.99. The first-order chi connectivity index (χ1) is 21.5. The molecule has 0 spiro atoms. The molecular weight excluding hydrogens is 594 g/mol. The topological polar surface area (TPSA) is 126 Å². The summed E-state index contributed by atoms with van der Waals surface area (Å²) < 4.78 is 42.9. The Bertz CT molecular complexity index is 1500. The van der Waals surface area contributed by atoms with Crippen molar-refractivity contribution in [3.63, 3.8) is 0 Å². The monoisotopic (exact) mass is 641 g/mol. The molecule has 2 aromatic carbocycles. The number of fused-ring (bicyclic) bond motifs is 1. The molecule has 1 aromatic heterocycles. The van der Waals surface area contributed by atoms with E-state index in [9.17, 15) is 18.3 Å². The lowest BCUT2D eigenvalue weighted by atomic mass is 10.0. The average Bonchev–Trinajstić information content (AvgIpc) is 3.46. The van der Waals surface area contributed by atoms with Crippen LogP contribution in [0.3, 0.4) is 0 Å². The Balaban J connectivity index is 1.64. The Labute approximate surface area is 267 Å². The van der Waals surface area contributed by atoms with Crippen LogP contribution in [0.1, 0.15) is 56.0 Å². The second-order valence-corrected chi connectivity index (χ2v) is 13.8. The van der Waals surface area contributed by atoms with E-state index in [0.717, 1.165) is 25.8 Å². The number of nitrogens with zero attached hydrogens (tertiary/aromatic N) is 4. The Morgan fingerprint density at radius 3 is 2.60 bits per heavy atom. The molecular formula is C33H47N5O6S. The normalized spacial score (nSPS) is 21.1. The number of amides is 1. The number of carbonyl (C=O) groups is 1. The van der Waals surface area contributed by atoms with E-state index in [4.69, 9.17) is 9.47 Å². The third kappa shape index (κ3) is 9.52. The van der Waals surface area contributed by atoms with Crippen LogP contribution in [-0.2, 0) is 28.4 Å². The lowest BCUT2D eigenvalue weighted by molar-refractivity contribution is -0.0177. The van der Waals surface area contributed by atoms with Gasteiger partial charge in [0.25, 0.3) is 15.9 Å². The van der Waals surface area contributed by atoms with Crippen LogP contribution < -0.4 is 9.46 Å². The van der Waals surface area contributed by atoms with Gasteiger partial charge in [-0.05, 0) is 63.9 Å². The van der Waals surface area contributed by atoms with Gasteiger partial charge in [0.05, 0.1) is 36.7 Å². The van der Waals surface area contributed by atoms with Crippen molar-refractivity contribution in [1.82, 2.24) is 19.4 Å². The summed E-state index contributed by atoms with van der Waals surface area (Å²) in [6.45, 7) is 7.93. The van der Waals surface area contributed by atoms with Crippen LogP contribution in [0.5, 0.6) is 5.75 Å². The molecule has 2 heterocycles. The summed E-state index contributed by atoms with van der Waals surface area (Å²) in [5.74, 6) is -0.0697. The van der Waals surface area contributed by atoms with Gasteiger partial charge in [0, 0.05) is 51.1 Å². The zero-order valence-corrected chi connectivity index (χ0v) is 27.7. The van der Waals surface area contributed by atoms with Crippen molar-refractivity contribution in [3.8, 4) is 5.75 Å². The average molecular weight is 642 g/mol. The van der Waals surface area contributed by atoms with Gasteiger partial charge in [0.15, 0.2) is 5.03 Å². The van der Waals surface area contributed by atoms with E-state index in [1.54, 1.807) is 35.6 Å². The zero-order valence-electron chi connectivity index (χ0n) is 26.9. The number of aromatic nitrogens is 2. The van der Waals surface area contributed by atoms with Crippen molar-refractivity contribution in [2.45, 2.75) is 69.9 Å². The molecule has 11 nitrogen and oxygen atoms in total. The van der Waals surface area contributed by atoms with Crippen LogP contribution in [0.25, 0.3) is 0 Å². The molecule has 0 unspecified atom stereocenters. The number of aliphatic hydroxyl groups excluding tert-OH is 1. The van der Waals surface area contributed by atoms with Gasteiger partial charge in [0.2, 0.25) is 0 Å². The van der Waals surface area contributed by atoms with E-state index in [1.807, 2.05) is 25.1 Å². The van der Waals surface area contributed by atoms with Crippen molar-refractivity contribution < 1.29 is 27.8 Å². The van der Waals surface area contributed by atoms with Crippen molar-refractivity contribution in [2.24, 2.45) is 13.0 Å². The molecule has 0 saturated carbocycles. The maximum absolute atomic E-state index is 14.3. The summed E-state index contributed by atoms with van der Waals surface area (Å²) in [4.78, 5) is 22.1. The Kier molecular flexibility index (Phi) is 12.0. The minimum absolute atomic E-state index is 0.0711. The molecule has 0 aliphatic carbocycles. The lowest BCUT2D eigenvalue weighted by Crippen LogP contribution is -2.47. The summed E-state index contributed by atoms with van der Waals surface area (Å²) in [5.41, 5.74) is 1.63. The highest BCUT2D eigenvalue weighted by Crippen LogP contribution is 2.29. The van der Waals surface area contributed by atoms with Crippen LogP contribution in [0.4, 0.5) is 5.69 Å². The molecule has 4 rings (SSSR count). The highest BCUT2D eigenvalue weighted by atomic mass is 32.2. The van der Waals surface area contributed by atoms with Gasteiger partial charge in [0.1, 0.15) is 5.75 Å². The number of imidazole rings is 1. The number of benzene rings is 2. The molecule has 1 amide bonds. The predicted molar refractivity (Wildman–Crippen MR) is 174 cm³/mol. The molecule has 1 aliphatic rings. The highest BCUT2D eigenvalue weighted by molar-refractivity contribution is 7.92. The number of nitrogens with one attached hydrogen (secondary N) is 1. The second-order valence-electron chi connectivity index (χ2n) is 12.2. The van der Waals surface area contributed by atoms with Crippen molar-refractivity contribution in [3.05, 3.63) is 72.2 Å². The smallest absolute Gasteiger partial charge is 0.280 e. The first kappa shape index (κ1) is 34.4. The summed E-state index contributed by atoms with van der Waals surface area (Å²) in [5, 5.41) is 10.1. The van der Waals surface area contributed by atoms with Gasteiger partial charge in [-0.15, -0.1) is 0 Å². The van der Waals surface area contributed by atoms with Crippen LogP contribution in [0, 0.1) is 5.92 Å². The number of hydrogen-bond donors (Lipinski definition) is 2. The first-order valence-electron chi connectivity index (χ1n) is 15.5.